The van der Waals surface area contributed by atoms with Gasteiger partial charge in [0.25, 0.3) is 0 Å². The van der Waals surface area contributed by atoms with Crippen LogP contribution in [0.25, 0.3) is 0 Å². The van der Waals surface area contributed by atoms with E-state index in [0.29, 0.717) is 0 Å². The number of hydrogen-bond acceptors (Lipinski definition) is 3. The number of rotatable bonds is 4. The molecule has 1 saturated heterocycles. The first-order valence-corrected chi connectivity index (χ1v) is 8.89. The third-order valence-electron chi connectivity index (χ3n) is 5.50. The molecule has 22 heavy (non-hydrogen) atoms. The smallest absolute Gasteiger partial charge is 0.0728 e. The molecule has 1 aliphatic heterocycles. The average molecular weight is 302 g/mol. The maximum absolute atomic E-state index is 11.3. The number of nitrogens with zero attached hydrogens (tertiary/aromatic N) is 1. The molecule has 1 aromatic rings. The first kappa shape index (κ1) is 16.0. The summed E-state index contributed by atoms with van der Waals surface area (Å²) in [6, 6.07) is 8.84. The molecule has 0 spiro atoms. The van der Waals surface area contributed by atoms with E-state index in [1.807, 2.05) is 0 Å². The number of piperazine rings is 1. The second-order valence-corrected chi connectivity index (χ2v) is 7.18. The van der Waals surface area contributed by atoms with Crippen LogP contribution >= 0.6 is 0 Å². The van der Waals surface area contributed by atoms with Crippen LogP contribution in [0, 0.1) is 6.92 Å². The maximum Gasteiger partial charge on any atom is 0.0728 e. The number of nitrogens with one attached hydrogen (secondary N) is 1. The van der Waals surface area contributed by atoms with Gasteiger partial charge in [0.15, 0.2) is 0 Å². The summed E-state index contributed by atoms with van der Waals surface area (Å²) in [6.45, 7) is 7.45. The Morgan fingerprint density at radius 2 is 1.73 bits per heavy atom. The van der Waals surface area contributed by atoms with Crippen molar-refractivity contribution in [2.24, 2.45) is 0 Å². The lowest BCUT2D eigenvalue weighted by atomic mass is 9.72. The fourth-order valence-electron chi connectivity index (χ4n) is 4.05. The summed E-state index contributed by atoms with van der Waals surface area (Å²) in [5.74, 6) is 0.242. The lowest BCUT2D eigenvalue weighted by Gasteiger charge is -2.42. The Labute approximate surface area is 134 Å². The van der Waals surface area contributed by atoms with E-state index in [9.17, 15) is 5.11 Å². The van der Waals surface area contributed by atoms with Crippen LogP contribution in [-0.4, -0.2) is 48.3 Å². The minimum Gasteiger partial charge on any atom is -0.389 e. The molecule has 122 valence electrons. The van der Waals surface area contributed by atoms with Crippen LogP contribution in [0.1, 0.15) is 49.1 Å². The molecule has 1 aromatic carbocycles. The van der Waals surface area contributed by atoms with Crippen molar-refractivity contribution in [3.05, 3.63) is 35.4 Å². The summed E-state index contributed by atoms with van der Waals surface area (Å²) >= 11 is 0. The third-order valence-corrected chi connectivity index (χ3v) is 5.50. The van der Waals surface area contributed by atoms with E-state index in [4.69, 9.17) is 0 Å². The molecule has 2 aliphatic rings. The standard InChI is InChI=1S/C19H30N2O/c1-16-5-7-17(8-6-16)18(15-21-13-11-20-12-14-21)19(22)9-3-2-4-10-19/h5-8,18,20,22H,2-4,9-15H2,1H3. The Hall–Kier alpha value is -0.900. The molecule has 0 radical (unpaired) electrons. The SMILES string of the molecule is Cc1ccc(C(CN2CCNCC2)C2(O)CCCCC2)cc1. The summed E-state index contributed by atoms with van der Waals surface area (Å²) in [5.41, 5.74) is 2.09. The van der Waals surface area contributed by atoms with Crippen LogP contribution in [-0.2, 0) is 0 Å². The van der Waals surface area contributed by atoms with Crippen molar-refractivity contribution in [1.82, 2.24) is 10.2 Å². The van der Waals surface area contributed by atoms with Gasteiger partial charge in [0, 0.05) is 38.6 Å². The molecule has 2 fully saturated rings. The molecule has 0 aromatic heterocycles. The van der Waals surface area contributed by atoms with Gasteiger partial charge in [-0.25, -0.2) is 0 Å². The van der Waals surface area contributed by atoms with Gasteiger partial charge in [-0.15, -0.1) is 0 Å². The van der Waals surface area contributed by atoms with Gasteiger partial charge in [0.05, 0.1) is 5.60 Å². The molecule has 3 nitrogen and oxygen atoms in total. The van der Waals surface area contributed by atoms with E-state index >= 15 is 0 Å². The van der Waals surface area contributed by atoms with Crippen LogP contribution in [0.15, 0.2) is 24.3 Å². The molecule has 2 N–H and O–H groups in total. The Kier molecular flexibility index (Phi) is 5.17. The Balaban J connectivity index is 1.81. The van der Waals surface area contributed by atoms with Gasteiger partial charge >= 0.3 is 0 Å². The monoisotopic (exact) mass is 302 g/mol. The summed E-state index contributed by atoms with van der Waals surface area (Å²) < 4.78 is 0. The van der Waals surface area contributed by atoms with Crippen LogP contribution in [0.4, 0.5) is 0 Å². The summed E-state index contributed by atoms with van der Waals surface area (Å²) in [5, 5.41) is 14.8. The van der Waals surface area contributed by atoms with Gasteiger partial charge in [0.1, 0.15) is 0 Å². The zero-order chi connectivity index (χ0) is 15.4. The Bertz CT molecular complexity index is 459. The maximum atomic E-state index is 11.3. The highest BCUT2D eigenvalue weighted by atomic mass is 16.3. The quantitative estimate of drug-likeness (QED) is 0.897. The van der Waals surface area contributed by atoms with E-state index in [-0.39, 0.29) is 5.92 Å². The van der Waals surface area contributed by atoms with Crippen molar-refractivity contribution in [1.29, 1.82) is 0 Å². The number of benzene rings is 1. The Morgan fingerprint density at radius 3 is 2.36 bits per heavy atom. The fraction of sp³-hybridized carbons (Fsp3) is 0.684. The van der Waals surface area contributed by atoms with Crippen LogP contribution in [0.3, 0.4) is 0 Å². The van der Waals surface area contributed by atoms with Crippen molar-refractivity contribution >= 4 is 0 Å². The number of aliphatic hydroxyl groups is 1. The van der Waals surface area contributed by atoms with Crippen molar-refractivity contribution in [2.75, 3.05) is 32.7 Å². The first-order valence-electron chi connectivity index (χ1n) is 8.89. The first-order chi connectivity index (χ1) is 10.7. The molecule has 1 atom stereocenters. The highest BCUT2D eigenvalue weighted by Crippen LogP contribution is 2.40. The predicted molar refractivity (Wildman–Crippen MR) is 91.3 cm³/mol. The van der Waals surface area contributed by atoms with Gasteiger partial charge in [-0.3, -0.25) is 0 Å². The second kappa shape index (κ2) is 7.12. The second-order valence-electron chi connectivity index (χ2n) is 7.18. The zero-order valence-corrected chi connectivity index (χ0v) is 13.9. The van der Waals surface area contributed by atoms with E-state index in [0.717, 1.165) is 45.6 Å². The fourth-order valence-corrected chi connectivity index (χ4v) is 4.05. The van der Waals surface area contributed by atoms with Crippen LogP contribution in [0.2, 0.25) is 0 Å². The topological polar surface area (TPSA) is 35.5 Å². The molecule has 3 rings (SSSR count). The molecule has 0 amide bonds. The predicted octanol–water partition coefficient (Wildman–Crippen LogP) is 2.68. The molecule has 1 unspecified atom stereocenters. The van der Waals surface area contributed by atoms with Crippen molar-refractivity contribution < 1.29 is 5.11 Å². The highest BCUT2D eigenvalue weighted by Gasteiger charge is 2.39. The van der Waals surface area contributed by atoms with Crippen molar-refractivity contribution in [3.8, 4) is 0 Å². The van der Waals surface area contributed by atoms with E-state index in [1.54, 1.807) is 0 Å². The molecular weight excluding hydrogens is 272 g/mol. The van der Waals surface area contributed by atoms with E-state index < -0.39 is 5.60 Å². The summed E-state index contributed by atoms with van der Waals surface area (Å²) in [4.78, 5) is 2.52. The molecule has 3 heteroatoms. The van der Waals surface area contributed by atoms with Gasteiger partial charge in [-0.05, 0) is 25.3 Å². The van der Waals surface area contributed by atoms with Crippen LogP contribution in [0.5, 0.6) is 0 Å². The number of aryl methyl sites for hydroxylation is 1. The van der Waals surface area contributed by atoms with Gasteiger partial charge < -0.3 is 15.3 Å². The van der Waals surface area contributed by atoms with E-state index in [1.165, 1.54) is 30.4 Å². The minimum atomic E-state index is -0.515. The van der Waals surface area contributed by atoms with Gasteiger partial charge in [-0.1, -0.05) is 49.1 Å². The zero-order valence-electron chi connectivity index (χ0n) is 13.9. The van der Waals surface area contributed by atoms with Crippen LogP contribution < -0.4 is 5.32 Å². The van der Waals surface area contributed by atoms with Crippen molar-refractivity contribution in [2.45, 2.75) is 50.5 Å². The molecule has 1 heterocycles. The van der Waals surface area contributed by atoms with Gasteiger partial charge in [0.2, 0.25) is 0 Å². The third kappa shape index (κ3) is 3.70. The largest absolute Gasteiger partial charge is 0.389 e. The van der Waals surface area contributed by atoms with Crippen molar-refractivity contribution in [3.63, 3.8) is 0 Å². The lowest BCUT2D eigenvalue weighted by Crippen LogP contribution is -2.49. The van der Waals surface area contributed by atoms with E-state index in [2.05, 4.69) is 41.4 Å². The lowest BCUT2D eigenvalue weighted by molar-refractivity contribution is -0.0316. The molecule has 1 aliphatic carbocycles. The Morgan fingerprint density at radius 1 is 1.09 bits per heavy atom. The average Bonchev–Trinajstić information content (AvgIpc) is 2.55. The number of hydrogen-bond donors (Lipinski definition) is 2. The minimum absolute atomic E-state index is 0.242. The van der Waals surface area contributed by atoms with Gasteiger partial charge in [-0.2, -0.15) is 0 Å². The molecular formula is C19H30N2O. The normalized spacial score (nSPS) is 24.1. The highest BCUT2D eigenvalue weighted by molar-refractivity contribution is 5.27. The summed E-state index contributed by atoms with van der Waals surface area (Å²) in [7, 11) is 0. The summed E-state index contributed by atoms with van der Waals surface area (Å²) in [6.07, 6.45) is 5.52. The molecule has 1 saturated carbocycles. The molecule has 0 bridgehead atoms.